The number of unbranched alkanes of at least 4 members (excludes halogenated alkanes) is 3. The Morgan fingerprint density at radius 3 is 2.71 bits per heavy atom. The first-order chi connectivity index (χ1) is 6.84. The van der Waals surface area contributed by atoms with Crippen molar-refractivity contribution in [2.45, 2.75) is 64.4 Å². The lowest BCUT2D eigenvalue weighted by Crippen LogP contribution is -2.22. The second-order valence-corrected chi connectivity index (χ2v) is 4.24. The predicted octanol–water partition coefficient (Wildman–Crippen LogP) is 3.12. The lowest BCUT2D eigenvalue weighted by Gasteiger charge is -2.22. The highest BCUT2D eigenvalue weighted by molar-refractivity contribution is 5.06. The maximum absolute atomic E-state index is 9.67. The first-order valence-electron chi connectivity index (χ1n) is 6.01. The van der Waals surface area contributed by atoms with Crippen molar-refractivity contribution in [3.05, 3.63) is 0 Å². The molecule has 0 bridgehead atoms. The van der Waals surface area contributed by atoms with E-state index in [1.807, 2.05) is 0 Å². The summed E-state index contributed by atoms with van der Waals surface area (Å²) < 4.78 is 0. The zero-order valence-corrected chi connectivity index (χ0v) is 9.26. The molecule has 1 heteroatoms. The lowest BCUT2D eigenvalue weighted by atomic mass is 9.87. The molecular formula is C13H22O. The molecule has 14 heavy (non-hydrogen) atoms. The molecule has 0 radical (unpaired) electrons. The van der Waals surface area contributed by atoms with Crippen molar-refractivity contribution >= 4 is 0 Å². The molecule has 0 aromatic rings. The topological polar surface area (TPSA) is 20.2 Å². The van der Waals surface area contributed by atoms with Gasteiger partial charge in [-0.2, -0.15) is 0 Å². The van der Waals surface area contributed by atoms with Gasteiger partial charge in [0.2, 0.25) is 0 Å². The Bertz CT molecular complexity index is 199. The van der Waals surface area contributed by atoms with Gasteiger partial charge in [0, 0.05) is 12.3 Å². The van der Waals surface area contributed by atoms with Crippen LogP contribution < -0.4 is 0 Å². The molecule has 2 atom stereocenters. The average Bonchev–Trinajstić information content (AvgIpc) is 2.20. The molecule has 1 nitrogen and oxygen atoms in total. The van der Waals surface area contributed by atoms with Gasteiger partial charge in [-0.25, -0.2) is 0 Å². The Hall–Kier alpha value is -0.480. The number of aliphatic hydroxyl groups excluding tert-OH is 1. The van der Waals surface area contributed by atoms with Crippen LogP contribution in [0.15, 0.2) is 0 Å². The molecule has 0 aromatic carbocycles. The predicted molar refractivity (Wildman–Crippen MR) is 59.9 cm³/mol. The quantitative estimate of drug-likeness (QED) is 0.540. The van der Waals surface area contributed by atoms with E-state index in [9.17, 15) is 5.11 Å². The van der Waals surface area contributed by atoms with Gasteiger partial charge in [0.05, 0.1) is 6.10 Å². The molecule has 1 aliphatic rings. The molecule has 1 saturated carbocycles. The highest BCUT2D eigenvalue weighted by Gasteiger charge is 2.20. The molecule has 1 unspecified atom stereocenters. The summed E-state index contributed by atoms with van der Waals surface area (Å²) in [5.74, 6) is 6.71. The van der Waals surface area contributed by atoms with Crippen LogP contribution in [0.5, 0.6) is 0 Å². The molecule has 0 saturated heterocycles. The third kappa shape index (κ3) is 4.15. The van der Waals surface area contributed by atoms with Crippen molar-refractivity contribution in [3.8, 4) is 11.8 Å². The fourth-order valence-corrected chi connectivity index (χ4v) is 1.95. The zero-order valence-electron chi connectivity index (χ0n) is 9.26. The van der Waals surface area contributed by atoms with E-state index in [1.54, 1.807) is 0 Å². The van der Waals surface area contributed by atoms with Gasteiger partial charge >= 0.3 is 0 Å². The van der Waals surface area contributed by atoms with Gasteiger partial charge in [-0.15, -0.1) is 5.92 Å². The summed E-state index contributed by atoms with van der Waals surface area (Å²) >= 11 is 0. The minimum absolute atomic E-state index is 0.151. The molecule has 1 rings (SSSR count). The Labute approximate surface area is 87.9 Å². The molecule has 0 aromatic heterocycles. The van der Waals surface area contributed by atoms with Crippen LogP contribution in [0.2, 0.25) is 0 Å². The molecule has 80 valence electrons. The number of aliphatic hydroxyl groups is 1. The third-order valence-corrected chi connectivity index (χ3v) is 2.92. The first-order valence-corrected chi connectivity index (χ1v) is 6.01. The van der Waals surface area contributed by atoms with E-state index in [0.717, 1.165) is 19.3 Å². The van der Waals surface area contributed by atoms with Crippen molar-refractivity contribution in [3.63, 3.8) is 0 Å². The summed E-state index contributed by atoms with van der Waals surface area (Å²) in [7, 11) is 0. The van der Waals surface area contributed by atoms with Crippen molar-refractivity contribution in [2.75, 3.05) is 0 Å². The lowest BCUT2D eigenvalue weighted by molar-refractivity contribution is 0.0969. The van der Waals surface area contributed by atoms with Crippen LogP contribution in [0.4, 0.5) is 0 Å². The van der Waals surface area contributed by atoms with E-state index in [0.29, 0.717) is 0 Å². The molecule has 0 aliphatic heterocycles. The fourth-order valence-electron chi connectivity index (χ4n) is 1.95. The summed E-state index contributed by atoms with van der Waals surface area (Å²) in [6.45, 7) is 2.21. The number of rotatable bonds is 3. The van der Waals surface area contributed by atoms with Gasteiger partial charge in [-0.1, -0.05) is 38.5 Å². The van der Waals surface area contributed by atoms with Crippen LogP contribution in [-0.4, -0.2) is 11.2 Å². The smallest absolute Gasteiger partial charge is 0.0677 e. The molecule has 1 N–H and O–H groups in total. The van der Waals surface area contributed by atoms with Crippen LogP contribution in [-0.2, 0) is 0 Å². The molecular weight excluding hydrogens is 172 g/mol. The second kappa shape index (κ2) is 6.90. The van der Waals surface area contributed by atoms with Crippen molar-refractivity contribution in [1.82, 2.24) is 0 Å². The maximum Gasteiger partial charge on any atom is 0.0677 e. The zero-order chi connectivity index (χ0) is 10.2. The Morgan fingerprint density at radius 1 is 1.21 bits per heavy atom. The summed E-state index contributed by atoms with van der Waals surface area (Å²) in [5.41, 5.74) is 0. The number of hydrogen-bond donors (Lipinski definition) is 1. The van der Waals surface area contributed by atoms with E-state index >= 15 is 0 Å². The minimum atomic E-state index is -0.151. The standard InChI is InChI=1S/C13H22O/c1-2-3-4-5-6-9-12-10-7-8-11-13(12)14/h12-14H,2-5,7-8,10-11H2,1H3/t12?,13-/m1/s1. The van der Waals surface area contributed by atoms with E-state index in [-0.39, 0.29) is 12.0 Å². The van der Waals surface area contributed by atoms with Gasteiger partial charge in [0.15, 0.2) is 0 Å². The van der Waals surface area contributed by atoms with Gasteiger partial charge in [0.1, 0.15) is 0 Å². The largest absolute Gasteiger partial charge is 0.392 e. The van der Waals surface area contributed by atoms with Crippen LogP contribution in [0.3, 0.4) is 0 Å². The van der Waals surface area contributed by atoms with Crippen LogP contribution in [0.1, 0.15) is 58.3 Å². The molecule has 0 spiro atoms. The summed E-state index contributed by atoms with van der Waals surface area (Å²) in [4.78, 5) is 0. The average molecular weight is 194 g/mol. The monoisotopic (exact) mass is 194 g/mol. The van der Waals surface area contributed by atoms with Crippen LogP contribution in [0, 0.1) is 17.8 Å². The minimum Gasteiger partial charge on any atom is -0.392 e. The third-order valence-electron chi connectivity index (χ3n) is 2.92. The van der Waals surface area contributed by atoms with E-state index in [1.165, 1.54) is 32.1 Å². The second-order valence-electron chi connectivity index (χ2n) is 4.24. The summed E-state index contributed by atoms with van der Waals surface area (Å²) in [5, 5.41) is 9.67. The molecule has 0 heterocycles. The van der Waals surface area contributed by atoms with Crippen molar-refractivity contribution < 1.29 is 5.11 Å². The highest BCUT2D eigenvalue weighted by Crippen LogP contribution is 2.23. The Kier molecular flexibility index (Phi) is 5.71. The van der Waals surface area contributed by atoms with Gasteiger partial charge < -0.3 is 5.11 Å². The van der Waals surface area contributed by atoms with Gasteiger partial charge in [-0.3, -0.25) is 0 Å². The van der Waals surface area contributed by atoms with Crippen molar-refractivity contribution in [2.24, 2.45) is 5.92 Å². The van der Waals surface area contributed by atoms with E-state index in [4.69, 9.17) is 0 Å². The Balaban J connectivity index is 2.19. The Morgan fingerprint density at radius 2 is 2.00 bits per heavy atom. The maximum atomic E-state index is 9.67. The van der Waals surface area contributed by atoms with Gasteiger partial charge in [-0.05, 0) is 19.3 Å². The normalized spacial score (nSPS) is 26.7. The summed E-state index contributed by atoms with van der Waals surface area (Å²) in [6, 6.07) is 0. The SMILES string of the molecule is CCCCCC#CC1CCCC[C@H]1O. The number of hydrogen-bond acceptors (Lipinski definition) is 1. The van der Waals surface area contributed by atoms with Crippen LogP contribution in [0.25, 0.3) is 0 Å². The van der Waals surface area contributed by atoms with Crippen LogP contribution >= 0.6 is 0 Å². The highest BCUT2D eigenvalue weighted by atomic mass is 16.3. The molecule has 1 fully saturated rings. The fraction of sp³-hybridized carbons (Fsp3) is 0.846. The molecule has 0 amide bonds. The first kappa shape index (κ1) is 11.6. The van der Waals surface area contributed by atoms with E-state index < -0.39 is 0 Å². The van der Waals surface area contributed by atoms with Crippen molar-refractivity contribution in [1.29, 1.82) is 0 Å². The van der Waals surface area contributed by atoms with E-state index in [2.05, 4.69) is 18.8 Å². The molecule has 1 aliphatic carbocycles. The van der Waals surface area contributed by atoms with Gasteiger partial charge in [0.25, 0.3) is 0 Å². The summed E-state index contributed by atoms with van der Waals surface area (Å²) in [6.07, 6.45) is 9.08.